The second-order valence-corrected chi connectivity index (χ2v) is 22.4. The van der Waals surface area contributed by atoms with Crippen molar-refractivity contribution in [3.8, 4) is 34.3 Å². The topological polar surface area (TPSA) is 232 Å². The highest BCUT2D eigenvalue weighted by atomic mass is 79.9. The summed E-state index contributed by atoms with van der Waals surface area (Å²) in [5, 5.41) is 55.2. The van der Waals surface area contributed by atoms with Crippen LogP contribution in [0.3, 0.4) is 0 Å². The number of nitrogens with zero attached hydrogens (tertiary/aromatic N) is 9. The van der Waals surface area contributed by atoms with E-state index in [1.807, 2.05) is 0 Å². The van der Waals surface area contributed by atoms with Gasteiger partial charge in [-0.05, 0) is 127 Å². The third-order valence-corrected chi connectivity index (χ3v) is 14.7. The number of carbonyl (C=O) groups is 3. The first kappa shape index (κ1) is 75.8. The van der Waals surface area contributed by atoms with E-state index in [1.54, 1.807) is 109 Å². The van der Waals surface area contributed by atoms with Crippen LogP contribution >= 0.6 is 47.8 Å². The van der Waals surface area contributed by atoms with Crippen LogP contribution in [0, 0.1) is 0 Å². The van der Waals surface area contributed by atoms with E-state index in [-0.39, 0.29) is 63.6 Å². The Morgan fingerprint density at radius 2 is 0.546 bits per heavy atom. The quantitative estimate of drug-likeness (QED) is 0.0810. The minimum absolute atomic E-state index is 0. The molecule has 0 aliphatic carbocycles. The van der Waals surface area contributed by atoms with Gasteiger partial charge in [0.15, 0.2) is 0 Å². The summed E-state index contributed by atoms with van der Waals surface area (Å²) in [4.78, 5) is 39.5. The standard InChI is InChI=1S/3C21H13BrF3N3O3.4CH4/c3*22-14-8-9-18(17(11-14)28-26-15-6-1-2-7-16(15)27-28)31-19(20(29)30)12-4-3-5-13(10-12)21(23,24)25;;;;/h3*1-11,19H,(H,29,30);4*1H4. The van der Waals surface area contributed by atoms with Gasteiger partial charge in [0.25, 0.3) is 0 Å². The van der Waals surface area contributed by atoms with Crippen LogP contribution in [-0.2, 0) is 32.9 Å². The number of benzene rings is 9. The predicted molar refractivity (Wildman–Crippen MR) is 354 cm³/mol. The van der Waals surface area contributed by atoms with E-state index in [2.05, 4.69) is 78.4 Å². The lowest BCUT2D eigenvalue weighted by Gasteiger charge is -2.19. The van der Waals surface area contributed by atoms with E-state index in [0.717, 1.165) is 54.6 Å². The van der Waals surface area contributed by atoms with E-state index >= 15 is 0 Å². The molecule has 506 valence electrons. The number of hydrogen-bond acceptors (Lipinski definition) is 12. The van der Waals surface area contributed by atoms with Gasteiger partial charge in [-0.2, -0.15) is 39.5 Å². The largest absolute Gasteiger partial charge is 0.478 e. The van der Waals surface area contributed by atoms with Gasteiger partial charge in [0.2, 0.25) is 18.3 Å². The number of hydrogen-bond donors (Lipinski definition) is 3. The summed E-state index contributed by atoms with van der Waals surface area (Å²) in [7, 11) is 0. The Morgan fingerprint density at radius 3 is 0.742 bits per heavy atom. The van der Waals surface area contributed by atoms with Gasteiger partial charge in [-0.3, -0.25) is 0 Å². The van der Waals surface area contributed by atoms with E-state index in [9.17, 15) is 69.2 Å². The summed E-state index contributed by atoms with van der Waals surface area (Å²) in [6.07, 6.45) is -18.9. The zero-order valence-electron chi connectivity index (χ0n) is 46.6. The van der Waals surface area contributed by atoms with Crippen LogP contribution in [0.15, 0.2) is 214 Å². The predicted octanol–water partition coefficient (Wildman–Crippen LogP) is 18.8. The minimum Gasteiger partial charge on any atom is -0.478 e. The van der Waals surface area contributed by atoms with Crippen LogP contribution in [-0.4, -0.2) is 78.2 Å². The molecule has 30 heteroatoms. The summed E-state index contributed by atoms with van der Waals surface area (Å²) in [6.45, 7) is 0. The van der Waals surface area contributed by atoms with Gasteiger partial charge in [-0.25, -0.2) is 14.4 Å². The first-order valence-electron chi connectivity index (χ1n) is 26.7. The molecule has 0 fully saturated rings. The molecule has 9 aromatic carbocycles. The third kappa shape index (κ3) is 18.2. The van der Waals surface area contributed by atoms with Crippen molar-refractivity contribution in [3.05, 3.63) is 247 Å². The molecule has 0 saturated heterocycles. The fourth-order valence-corrected chi connectivity index (χ4v) is 9.99. The molecule has 0 aliphatic heterocycles. The number of aromatic nitrogens is 9. The SMILES string of the molecule is C.C.C.C.O=C(O)C(Oc1ccc(Br)cc1-n1nc2ccccc2n1)c1cccc(C(F)(F)F)c1.O=C(O)C(Oc1ccc(Br)cc1-n1nc2ccccc2n1)c1cccc(C(F)(F)F)c1.O=C(O)C(Oc1ccc(Br)cc1-n1nc2ccccc2n1)c1cccc(C(F)(F)F)c1. The Bertz CT molecular complexity index is 4190. The number of fused-ring (bicyclic) bond motifs is 3. The second kappa shape index (κ2) is 31.6. The van der Waals surface area contributed by atoms with Crippen LogP contribution in [0.25, 0.3) is 50.2 Å². The van der Waals surface area contributed by atoms with Gasteiger partial charge < -0.3 is 29.5 Å². The van der Waals surface area contributed by atoms with Gasteiger partial charge in [-0.1, -0.05) is 150 Å². The van der Waals surface area contributed by atoms with Crippen LogP contribution in [0.4, 0.5) is 39.5 Å². The van der Waals surface area contributed by atoms with E-state index < -0.39 is 71.4 Å². The highest BCUT2D eigenvalue weighted by Gasteiger charge is 2.36. The molecular formula is C67H55Br3F9N9O9. The first-order chi connectivity index (χ1) is 44.2. The van der Waals surface area contributed by atoms with Crippen LogP contribution in [0.1, 0.15) is 81.4 Å². The third-order valence-electron chi connectivity index (χ3n) is 13.2. The van der Waals surface area contributed by atoms with E-state index in [1.165, 1.54) is 50.8 Å². The number of halogens is 12. The Kier molecular flexibility index (Phi) is 24.7. The number of ether oxygens (including phenoxy) is 3. The Balaban J connectivity index is 0.000000225. The monoisotopic (exact) mass is 1540 g/mol. The molecule has 3 heterocycles. The smallest absolute Gasteiger partial charge is 0.416 e. The molecule has 0 saturated carbocycles. The lowest BCUT2D eigenvalue weighted by molar-refractivity contribution is -0.146. The Hall–Kier alpha value is -10.2. The highest BCUT2D eigenvalue weighted by molar-refractivity contribution is 9.11. The van der Waals surface area contributed by atoms with E-state index in [0.29, 0.717) is 63.6 Å². The van der Waals surface area contributed by atoms with Gasteiger partial charge in [0.05, 0.1) is 16.7 Å². The van der Waals surface area contributed by atoms with Crippen molar-refractivity contribution in [2.45, 2.75) is 66.5 Å². The second-order valence-electron chi connectivity index (χ2n) is 19.6. The van der Waals surface area contributed by atoms with Crippen molar-refractivity contribution < 1.29 is 83.4 Å². The molecular weight excluding hydrogens is 1490 g/mol. The molecule has 0 bridgehead atoms. The van der Waals surface area contributed by atoms with Gasteiger partial charge in [0.1, 0.15) is 67.4 Å². The fraction of sp³-hybridized carbons (Fsp3) is 0.149. The average molecular weight is 1540 g/mol. The maximum absolute atomic E-state index is 13.1. The molecule has 0 spiro atoms. The minimum atomic E-state index is -4.61. The Morgan fingerprint density at radius 1 is 0.330 bits per heavy atom. The number of aliphatic carboxylic acids is 3. The highest BCUT2D eigenvalue weighted by Crippen LogP contribution is 2.39. The van der Waals surface area contributed by atoms with Crippen molar-refractivity contribution in [2.75, 3.05) is 0 Å². The molecule has 97 heavy (non-hydrogen) atoms. The van der Waals surface area contributed by atoms with Gasteiger partial charge >= 0.3 is 36.4 Å². The van der Waals surface area contributed by atoms with Crippen LogP contribution in [0.2, 0.25) is 0 Å². The molecule has 18 nitrogen and oxygen atoms in total. The van der Waals surface area contributed by atoms with Crippen LogP contribution < -0.4 is 14.2 Å². The molecule has 12 rings (SSSR count). The maximum Gasteiger partial charge on any atom is 0.416 e. The van der Waals surface area contributed by atoms with Gasteiger partial charge in [-0.15, -0.1) is 45.0 Å². The first-order valence-corrected chi connectivity index (χ1v) is 29.1. The summed E-state index contributed by atoms with van der Waals surface area (Å²) < 4.78 is 137. The molecule has 3 aromatic heterocycles. The lowest BCUT2D eigenvalue weighted by atomic mass is 10.1. The lowest BCUT2D eigenvalue weighted by Crippen LogP contribution is -2.20. The van der Waals surface area contributed by atoms with Crippen LogP contribution in [0.5, 0.6) is 17.2 Å². The Labute approximate surface area is 571 Å². The zero-order valence-corrected chi connectivity index (χ0v) is 51.4. The van der Waals surface area contributed by atoms with Crippen molar-refractivity contribution in [1.82, 2.24) is 45.0 Å². The molecule has 0 amide bonds. The summed E-state index contributed by atoms with van der Waals surface area (Å²) in [5.41, 5.74) is 1.32. The van der Waals surface area contributed by atoms with Crippen molar-refractivity contribution in [1.29, 1.82) is 0 Å². The molecule has 3 N–H and O–H groups in total. The average Bonchev–Trinajstić information content (AvgIpc) is 1.79. The molecule has 12 aromatic rings. The summed E-state index contributed by atoms with van der Waals surface area (Å²) >= 11 is 10.0. The number of rotatable bonds is 15. The van der Waals surface area contributed by atoms with Crippen molar-refractivity contribution in [2.24, 2.45) is 0 Å². The van der Waals surface area contributed by atoms with Crippen molar-refractivity contribution in [3.63, 3.8) is 0 Å². The number of alkyl halides is 9. The summed E-state index contributed by atoms with van der Waals surface area (Å²) in [6, 6.07) is 47.7. The molecule has 3 unspecified atom stereocenters. The van der Waals surface area contributed by atoms with Crippen molar-refractivity contribution >= 4 is 98.8 Å². The molecule has 0 radical (unpaired) electrons. The fourth-order valence-electron chi connectivity index (χ4n) is 8.94. The molecule has 0 aliphatic rings. The normalized spacial score (nSPS) is 12.1. The number of carboxylic acid groups (broad SMARTS) is 3. The molecule has 3 atom stereocenters. The van der Waals surface area contributed by atoms with E-state index in [4.69, 9.17) is 14.2 Å². The summed E-state index contributed by atoms with van der Waals surface area (Å²) in [5.74, 6) is -4.04. The zero-order chi connectivity index (χ0) is 66.5. The number of carboxylic acids is 3. The van der Waals surface area contributed by atoms with Gasteiger partial charge in [0, 0.05) is 30.1 Å². The maximum atomic E-state index is 13.1.